The van der Waals surface area contributed by atoms with Gasteiger partial charge in [-0.05, 0) is 29.5 Å². The monoisotopic (exact) mass is 195 g/mol. The summed E-state index contributed by atoms with van der Waals surface area (Å²) in [6.45, 7) is 0. The average Bonchev–Trinajstić information content (AvgIpc) is 2.76. The second-order valence-corrected chi connectivity index (χ2v) is 3.04. The molecule has 1 N–H and O–H groups in total. The summed E-state index contributed by atoms with van der Waals surface area (Å²) in [4.78, 5) is 13.2. The number of aromatic amines is 1. The molecular weight excluding hydrogens is 186 g/mol. The SMILES string of the molecule is O=CC#Cc1ccc(-c2ccccc2)[nH]1. The van der Waals surface area contributed by atoms with E-state index in [2.05, 4.69) is 16.8 Å². The van der Waals surface area contributed by atoms with Gasteiger partial charge in [-0.15, -0.1) is 0 Å². The maximum absolute atomic E-state index is 10.1. The number of H-pyrrole nitrogens is 1. The number of nitrogens with one attached hydrogen (secondary N) is 1. The summed E-state index contributed by atoms with van der Waals surface area (Å²) >= 11 is 0. The molecule has 1 aromatic carbocycles. The van der Waals surface area contributed by atoms with Crippen LogP contribution in [-0.4, -0.2) is 11.3 Å². The van der Waals surface area contributed by atoms with Gasteiger partial charge in [-0.3, -0.25) is 4.79 Å². The van der Waals surface area contributed by atoms with Gasteiger partial charge in [0.1, 0.15) is 0 Å². The van der Waals surface area contributed by atoms with Crippen molar-refractivity contribution in [1.82, 2.24) is 4.98 Å². The Hall–Kier alpha value is -2.27. The first-order chi connectivity index (χ1) is 7.40. The van der Waals surface area contributed by atoms with Crippen LogP contribution < -0.4 is 0 Å². The average molecular weight is 195 g/mol. The van der Waals surface area contributed by atoms with Gasteiger partial charge in [-0.2, -0.15) is 0 Å². The van der Waals surface area contributed by atoms with Gasteiger partial charge in [-0.1, -0.05) is 30.3 Å². The van der Waals surface area contributed by atoms with Crippen LogP contribution >= 0.6 is 0 Å². The summed E-state index contributed by atoms with van der Waals surface area (Å²) in [5.74, 6) is 5.08. The second-order valence-electron chi connectivity index (χ2n) is 3.04. The molecule has 0 unspecified atom stereocenters. The fourth-order valence-corrected chi connectivity index (χ4v) is 1.36. The van der Waals surface area contributed by atoms with E-state index in [4.69, 9.17) is 0 Å². The van der Waals surface area contributed by atoms with Crippen molar-refractivity contribution in [3.05, 3.63) is 48.2 Å². The number of carbonyl (C=O) groups excluding carboxylic acids is 1. The van der Waals surface area contributed by atoms with Crippen LogP contribution in [0.2, 0.25) is 0 Å². The third-order valence-electron chi connectivity index (χ3n) is 2.04. The minimum Gasteiger partial charge on any atom is -0.348 e. The normalized spacial score (nSPS) is 9.07. The molecule has 1 heterocycles. The van der Waals surface area contributed by atoms with Gasteiger partial charge in [0.05, 0.1) is 5.69 Å². The van der Waals surface area contributed by atoms with Gasteiger partial charge in [0.2, 0.25) is 0 Å². The largest absolute Gasteiger partial charge is 0.348 e. The predicted molar refractivity (Wildman–Crippen MR) is 59.2 cm³/mol. The number of hydrogen-bond donors (Lipinski definition) is 1. The van der Waals surface area contributed by atoms with Gasteiger partial charge in [0, 0.05) is 5.69 Å². The highest BCUT2D eigenvalue weighted by Gasteiger charge is 1.98. The van der Waals surface area contributed by atoms with Crippen LogP contribution in [0.5, 0.6) is 0 Å². The van der Waals surface area contributed by atoms with E-state index in [0.29, 0.717) is 6.29 Å². The lowest BCUT2D eigenvalue weighted by atomic mass is 10.2. The Morgan fingerprint density at radius 1 is 1.07 bits per heavy atom. The van der Waals surface area contributed by atoms with Crippen LogP contribution in [0, 0.1) is 11.8 Å². The van der Waals surface area contributed by atoms with Crippen LogP contribution in [0.25, 0.3) is 11.3 Å². The zero-order valence-electron chi connectivity index (χ0n) is 8.03. The summed E-state index contributed by atoms with van der Waals surface area (Å²) in [5, 5.41) is 0. The summed E-state index contributed by atoms with van der Waals surface area (Å²) in [6, 6.07) is 13.8. The number of aromatic nitrogens is 1. The first kappa shape index (κ1) is 9.29. The molecule has 0 spiro atoms. The van der Waals surface area contributed by atoms with Crippen molar-refractivity contribution in [3.8, 4) is 23.1 Å². The van der Waals surface area contributed by atoms with Crippen molar-refractivity contribution in [3.63, 3.8) is 0 Å². The third-order valence-corrected chi connectivity index (χ3v) is 2.04. The zero-order valence-corrected chi connectivity index (χ0v) is 8.03. The van der Waals surface area contributed by atoms with E-state index in [1.54, 1.807) is 0 Å². The van der Waals surface area contributed by atoms with E-state index >= 15 is 0 Å². The molecule has 2 heteroatoms. The molecule has 0 atom stereocenters. The van der Waals surface area contributed by atoms with E-state index in [1.807, 2.05) is 42.5 Å². The van der Waals surface area contributed by atoms with Crippen LogP contribution in [-0.2, 0) is 4.79 Å². The molecule has 0 amide bonds. The van der Waals surface area contributed by atoms with E-state index in [-0.39, 0.29) is 0 Å². The molecule has 2 aromatic rings. The van der Waals surface area contributed by atoms with Crippen molar-refractivity contribution >= 4 is 6.29 Å². The van der Waals surface area contributed by atoms with E-state index in [1.165, 1.54) is 0 Å². The number of hydrogen-bond acceptors (Lipinski definition) is 1. The Labute approximate surface area is 88.0 Å². The fraction of sp³-hybridized carbons (Fsp3) is 0. The highest BCUT2D eigenvalue weighted by Crippen LogP contribution is 2.17. The quantitative estimate of drug-likeness (QED) is 0.549. The molecule has 0 fully saturated rings. The lowest BCUT2D eigenvalue weighted by Gasteiger charge is -1.95. The third kappa shape index (κ3) is 2.15. The molecule has 0 saturated carbocycles. The van der Waals surface area contributed by atoms with Gasteiger partial charge in [-0.25, -0.2) is 0 Å². The summed E-state index contributed by atoms with van der Waals surface area (Å²) < 4.78 is 0. The first-order valence-corrected chi connectivity index (χ1v) is 4.60. The molecule has 0 aliphatic rings. The zero-order chi connectivity index (χ0) is 10.5. The van der Waals surface area contributed by atoms with Crippen LogP contribution in [0.3, 0.4) is 0 Å². The number of aldehydes is 1. The van der Waals surface area contributed by atoms with Crippen molar-refractivity contribution in [2.45, 2.75) is 0 Å². The van der Waals surface area contributed by atoms with Gasteiger partial charge in [0.15, 0.2) is 6.29 Å². The molecule has 72 valence electrons. The highest BCUT2D eigenvalue weighted by atomic mass is 16.1. The highest BCUT2D eigenvalue weighted by molar-refractivity contribution is 5.74. The molecule has 0 aliphatic heterocycles. The van der Waals surface area contributed by atoms with Crippen molar-refractivity contribution in [2.24, 2.45) is 0 Å². The fourth-order valence-electron chi connectivity index (χ4n) is 1.36. The van der Waals surface area contributed by atoms with Crippen LogP contribution in [0.1, 0.15) is 5.69 Å². The van der Waals surface area contributed by atoms with E-state index in [9.17, 15) is 4.79 Å². The van der Waals surface area contributed by atoms with E-state index < -0.39 is 0 Å². The first-order valence-electron chi connectivity index (χ1n) is 4.60. The van der Waals surface area contributed by atoms with Gasteiger partial charge in [0.25, 0.3) is 0 Å². The van der Waals surface area contributed by atoms with Gasteiger partial charge < -0.3 is 4.98 Å². The summed E-state index contributed by atoms with van der Waals surface area (Å²) in [7, 11) is 0. The van der Waals surface area contributed by atoms with E-state index in [0.717, 1.165) is 17.0 Å². The lowest BCUT2D eigenvalue weighted by Crippen LogP contribution is -1.77. The molecule has 2 rings (SSSR count). The lowest BCUT2D eigenvalue weighted by molar-refractivity contribution is -0.103. The molecule has 0 aliphatic carbocycles. The summed E-state index contributed by atoms with van der Waals surface area (Å²) in [5.41, 5.74) is 2.86. The standard InChI is InChI=1S/C13H9NO/c15-10-4-7-12-8-9-13(14-12)11-5-2-1-3-6-11/h1-3,5-6,8-10,14H. The number of benzene rings is 1. The Morgan fingerprint density at radius 3 is 2.60 bits per heavy atom. The molecule has 0 radical (unpaired) electrons. The summed E-state index contributed by atoms with van der Waals surface area (Å²) in [6.07, 6.45) is 0.586. The molecule has 0 saturated heterocycles. The van der Waals surface area contributed by atoms with Crippen molar-refractivity contribution < 1.29 is 4.79 Å². The topological polar surface area (TPSA) is 32.9 Å². The number of carbonyl (C=O) groups is 1. The molecule has 2 nitrogen and oxygen atoms in total. The molecule has 1 aromatic heterocycles. The molecule has 15 heavy (non-hydrogen) atoms. The minimum atomic E-state index is 0.586. The minimum absolute atomic E-state index is 0.586. The Morgan fingerprint density at radius 2 is 1.87 bits per heavy atom. The molecular formula is C13H9NO. The number of rotatable bonds is 1. The van der Waals surface area contributed by atoms with Crippen molar-refractivity contribution in [2.75, 3.05) is 0 Å². The van der Waals surface area contributed by atoms with Crippen LogP contribution in [0.15, 0.2) is 42.5 Å². The maximum Gasteiger partial charge on any atom is 0.193 e. The van der Waals surface area contributed by atoms with Crippen LogP contribution in [0.4, 0.5) is 0 Å². The predicted octanol–water partition coefficient (Wildman–Crippen LogP) is 2.23. The Balaban J connectivity index is 2.32. The smallest absolute Gasteiger partial charge is 0.193 e. The Kier molecular flexibility index (Phi) is 2.66. The molecule has 0 bridgehead atoms. The van der Waals surface area contributed by atoms with Gasteiger partial charge >= 0.3 is 0 Å². The Bertz CT molecular complexity index is 514. The second kappa shape index (κ2) is 4.30. The maximum atomic E-state index is 10.1. The van der Waals surface area contributed by atoms with Crippen molar-refractivity contribution in [1.29, 1.82) is 0 Å².